The van der Waals surface area contributed by atoms with Crippen LogP contribution < -0.4 is 10.1 Å². The smallest absolute Gasteiger partial charge is 0.335 e. The van der Waals surface area contributed by atoms with E-state index in [2.05, 4.69) is 27.0 Å². The maximum atomic E-state index is 13.2. The Bertz CT molecular complexity index is 1600. The van der Waals surface area contributed by atoms with Crippen molar-refractivity contribution in [1.29, 1.82) is 0 Å². The zero-order chi connectivity index (χ0) is 31.7. The lowest BCUT2D eigenvalue weighted by molar-refractivity contribution is -0.138. The predicted octanol–water partition coefficient (Wildman–Crippen LogP) is 4.63. The first kappa shape index (κ1) is 30.7. The number of amides is 2. The van der Waals surface area contributed by atoms with Crippen molar-refractivity contribution in [2.24, 2.45) is 5.92 Å². The Morgan fingerprint density at radius 2 is 1.89 bits per heavy atom. The van der Waals surface area contributed by atoms with E-state index >= 15 is 0 Å². The molecule has 0 radical (unpaired) electrons. The molecule has 1 aromatic heterocycles. The SMILES string of the molecule is Cc1nnsc1C(=O)N[C@@H](C)[C@H](Oc1ccc(C(=O)O)c([C@@H]2CCCN(C(=O)[C@H]3COC(=O)C3)C2)c1)c1ccc(C2CC2)cc1. The van der Waals surface area contributed by atoms with Gasteiger partial charge in [0.15, 0.2) is 0 Å². The van der Waals surface area contributed by atoms with E-state index in [1.54, 1.807) is 30.0 Å². The third-order valence-corrected chi connectivity index (χ3v) is 9.71. The maximum Gasteiger partial charge on any atom is 0.335 e. The van der Waals surface area contributed by atoms with Crippen LogP contribution in [-0.2, 0) is 14.3 Å². The van der Waals surface area contributed by atoms with Gasteiger partial charge in [-0.1, -0.05) is 28.8 Å². The lowest BCUT2D eigenvalue weighted by Crippen LogP contribution is -2.42. The van der Waals surface area contributed by atoms with Gasteiger partial charge < -0.3 is 24.8 Å². The normalized spacial score (nSPS) is 21.1. The highest BCUT2D eigenvalue weighted by Crippen LogP contribution is 2.41. The minimum atomic E-state index is -1.06. The second-order valence-electron chi connectivity index (χ2n) is 12.2. The standard InChI is InChI=1S/C33H36N4O7S/c1-18(34-31(39)30-19(2)35-36-45-30)29(22-9-7-21(8-10-22)20-5-6-20)44-25-11-12-26(33(41)42)27(15-25)23-4-3-13-37(16-23)32(40)24-14-28(38)43-17-24/h7-12,15,18,20,23-24,29H,3-6,13-14,16-17H2,1-2H3,(H,34,39)(H,41,42)/t18-,23+,24+,29-/m0/s1. The first-order valence-corrected chi connectivity index (χ1v) is 16.1. The number of benzene rings is 2. The number of rotatable bonds is 10. The highest BCUT2D eigenvalue weighted by atomic mass is 32.1. The van der Waals surface area contributed by atoms with Gasteiger partial charge in [0, 0.05) is 19.0 Å². The van der Waals surface area contributed by atoms with Gasteiger partial charge in [0.25, 0.3) is 5.91 Å². The monoisotopic (exact) mass is 632 g/mol. The second-order valence-corrected chi connectivity index (χ2v) is 12.9. The molecule has 3 aliphatic rings. The Kier molecular flexibility index (Phi) is 8.84. The summed E-state index contributed by atoms with van der Waals surface area (Å²) in [7, 11) is 0. The molecular weight excluding hydrogens is 596 g/mol. The summed E-state index contributed by atoms with van der Waals surface area (Å²) >= 11 is 1.03. The third kappa shape index (κ3) is 6.85. The fraction of sp³-hybridized carbons (Fsp3) is 0.455. The highest BCUT2D eigenvalue weighted by Gasteiger charge is 2.36. The van der Waals surface area contributed by atoms with Crippen LogP contribution in [0.3, 0.4) is 0 Å². The zero-order valence-electron chi connectivity index (χ0n) is 25.2. The van der Waals surface area contributed by atoms with Crippen LogP contribution in [0.4, 0.5) is 0 Å². The summed E-state index contributed by atoms with van der Waals surface area (Å²) in [5.41, 5.74) is 3.44. The minimum Gasteiger partial charge on any atom is -0.484 e. The molecule has 1 saturated carbocycles. The number of ether oxygens (including phenoxy) is 2. The summed E-state index contributed by atoms with van der Waals surface area (Å²) in [5.74, 6) is -1.55. The first-order chi connectivity index (χ1) is 21.7. The molecule has 0 unspecified atom stereocenters. The van der Waals surface area contributed by atoms with Crippen LogP contribution in [0, 0.1) is 12.8 Å². The fourth-order valence-electron chi connectivity index (χ4n) is 6.27. The van der Waals surface area contributed by atoms with E-state index in [-0.39, 0.29) is 42.3 Å². The molecular formula is C33H36N4O7S. The number of carbonyl (C=O) groups excluding carboxylic acids is 3. The number of carboxylic acids is 1. The number of aromatic nitrogens is 2. The number of carboxylic acid groups (broad SMARTS) is 1. The molecule has 2 aliphatic heterocycles. The lowest BCUT2D eigenvalue weighted by Gasteiger charge is -2.35. The first-order valence-electron chi connectivity index (χ1n) is 15.4. The van der Waals surface area contributed by atoms with E-state index in [0.717, 1.165) is 17.1 Å². The van der Waals surface area contributed by atoms with Crippen molar-refractivity contribution in [1.82, 2.24) is 19.8 Å². The van der Waals surface area contributed by atoms with Gasteiger partial charge in [-0.15, -0.1) is 5.10 Å². The van der Waals surface area contributed by atoms with Gasteiger partial charge in [-0.2, -0.15) is 0 Å². The van der Waals surface area contributed by atoms with E-state index in [9.17, 15) is 24.3 Å². The molecule has 236 valence electrons. The Morgan fingerprint density at radius 1 is 1.11 bits per heavy atom. The number of piperidine rings is 1. The number of aromatic carboxylic acids is 1. The van der Waals surface area contributed by atoms with Crippen LogP contribution in [0.1, 0.15) is 99.4 Å². The number of nitrogens with zero attached hydrogens (tertiary/aromatic N) is 3. The van der Waals surface area contributed by atoms with Crippen LogP contribution in [0.15, 0.2) is 42.5 Å². The summed E-state index contributed by atoms with van der Waals surface area (Å²) in [6.07, 6.45) is 3.26. The Morgan fingerprint density at radius 3 is 2.53 bits per heavy atom. The van der Waals surface area contributed by atoms with Gasteiger partial charge in [-0.05, 0) is 91.9 Å². The molecule has 0 bridgehead atoms. The lowest BCUT2D eigenvalue weighted by atomic mass is 9.86. The molecule has 11 nitrogen and oxygen atoms in total. The van der Waals surface area contributed by atoms with Gasteiger partial charge in [0.05, 0.1) is 29.6 Å². The predicted molar refractivity (Wildman–Crippen MR) is 164 cm³/mol. The molecule has 2 amide bonds. The van der Waals surface area contributed by atoms with E-state index in [0.29, 0.717) is 53.7 Å². The van der Waals surface area contributed by atoms with Crippen LogP contribution in [0.25, 0.3) is 0 Å². The molecule has 2 N–H and O–H groups in total. The number of hydrogen-bond acceptors (Lipinski definition) is 9. The molecule has 3 fully saturated rings. The van der Waals surface area contributed by atoms with Crippen molar-refractivity contribution in [2.45, 2.75) is 69.9 Å². The number of aryl methyl sites for hydroxylation is 1. The van der Waals surface area contributed by atoms with Crippen LogP contribution in [0.5, 0.6) is 5.75 Å². The molecule has 2 aromatic carbocycles. The highest BCUT2D eigenvalue weighted by molar-refractivity contribution is 7.08. The number of esters is 1. The second kappa shape index (κ2) is 13.0. The molecule has 2 saturated heterocycles. The van der Waals surface area contributed by atoms with Gasteiger partial charge in [0.2, 0.25) is 5.91 Å². The van der Waals surface area contributed by atoms with Gasteiger partial charge >= 0.3 is 11.9 Å². The van der Waals surface area contributed by atoms with Crippen molar-refractivity contribution >= 4 is 35.3 Å². The largest absolute Gasteiger partial charge is 0.484 e. The number of carbonyl (C=O) groups is 4. The minimum absolute atomic E-state index is 0.0700. The Hall–Kier alpha value is -4.32. The van der Waals surface area contributed by atoms with Crippen LogP contribution in [0.2, 0.25) is 0 Å². The van der Waals surface area contributed by atoms with Crippen LogP contribution >= 0.6 is 11.5 Å². The van der Waals surface area contributed by atoms with E-state index in [1.165, 1.54) is 18.4 Å². The average molecular weight is 633 g/mol. The van der Waals surface area contributed by atoms with Crippen molar-refractivity contribution in [3.63, 3.8) is 0 Å². The summed E-state index contributed by atoms with van der Waals surface area (Å²) < 4.78 is 15.5. The van der Waals surface area contributed by atoms with Crippen molar-refractivity contribution in [3.05, 3.63) is 75.3 Å². The van der Waals surface area contributed by atoms with Crippen molar-refractivity contribution < 1.29 is 33.8 Å². The zero-order valence-corrected chi connectivity index (χ0v) is 26.0. The maximum absolute atomic E-state index is 13.2. The molecule has 6 rings (SSSR count). The molecule has 45 heavy (non-hydrogen) atoms. The topological polar surface area (TPSA) is 148 Å². The van der Waals surface area contributed by atoms with E-state index in [1.807, 2.05) is 19.1 Å². The molecule has 0 spiro atoms. The Labute approximate surface area is 265 Å². The van der Waals surface area contributed by atoms with Crippen molar-refractivity contribution in [3.8, 4) is 5.75 Å². The molecule has 3 aromatic rings. The number of cyclic esters (lactones) is 1. The number of likely N-dealkylation sites (tertiary alicyclic amines) is 1. The summed E-state index contributed by atoms with van der Waals surface area (Å²) in [5, 5.41) is 17.1. The fourth-order valence-corrected chi connectivity index (χ4v) is 6.83. The quantitative estimate of drug-likeness (QED) is 0.305. The summed E-state index contributed by atoms with van der Waals surface area (Å²) in [4.78, 5) is 52.3. The van der Waals surface area contributed by atoms with Gasteiger partial charge in [-0.25, -0.2) is 4.79 Å². The summed E-state index contributed by atoms with van der Waals surface area (Å²) in [6, 6.07) is 12.7. The molecule has 4 atom stereocenters. The Balaban J connectivity index is 1.26. The van der Waals surface area contributed by atoms with Gasteiger partial charge in [0.1, 0.15) is 23.3 Å². The average Bonchev–Trinajstić information content (AvgIpc) is 3.66. The van der Waals surface area contributed by atoms with Crippen molar-refractivity contribution in [2.75, 3.05) is 19.7 Å². The number of nitrogens with one attached hydrogen (secondary N) is 1. The summed E-state index contributed by atoms with van der Waals surface area (Å²) in [6.45, 7) is 4.58. The van der Waals surface area contributed by atoms with E-state index < -0.39 is 24.0 Å². The third-order valence-electron chi connectivity index (χ3n) is 8.88. The molecule has 1 aliphatic carbocycles. The molecule has 12 heteroatoms. The molecule has 3 heterocycles. The van der Waals surface area contributed by atoms with Crippen LogP contribution in [-0.4, -0.2) is 69.1 Å². The number of hydrogen-bond donors (Lipinski definition) is 2. The van der Waals surface area contributed by atoms with E-state index in [4.69, 9.17) is 9.47 Å². The van der Waals surface area contributed by atoms with Gasteiger partial charge in [-0.3, -0.25) is 14.4 Å².